The highest BCUT2D eigenvalue weighted by atomic mass is 35.5. The summed E-state index contributed by atoms with van der Waals surface area (Å²) in [7, 11) is 0. The fraction of sp³-hybridized carbons (Fsp3) is 0.125. The van der Waals surface area contributed by atoms with Gasteiger partial charge in [0.15, 0.2) is 0 Å². The van der Waals surface area contributed by atoms with Gasteiger partial charge < -0.3 is 10.2 Å². The van der Waals surface area contributed by atoms with E-state index < -0.39 is 17.7 Å². The van der Waals surface area contributed by atoms with Crippen molar-refractivity contribution in [2.75, 3.05) is 0 Å². The van der Waals surface area contributed by atoms with E-state index in [2.05, 4.69) is 9.98 Å². The summed E-state index contributed by atoms with van der Waals surface area (Å²) in [5, 5.41) is 0.814. The van der Waals surface area contributed by atoms with Crippen LogP contribution in [0.4, 0.5) is 14.5 Å². The molecule has 2 aromatic carbocycles. The molecular formula is C16H12ClF2N3O. The molecule has 3 aromatic rings. The molecule has 118 valence electrons. The van der Waals surface area contributed by atoms with Crippen molar-refractivity contribution in [1.82, 2.24) is 4.98 Å². The van der Waals surface area contributed by atoms with Crippen LogP contribution in [-0.4, -0.2) is 4.98 Å². The maximum absolute atomic E-state index is 13.3. The number of nitrogens with two attached hydrogens (primary N) is 1. The lowest BCUT2D eigenvalue weighted by molar-refractivity contribution is 0.410. The molecule has 4 nitrogen and oxygen atoms in total. The lowest BCUT2D eigenvalue weighted by Gasteiger charge is -2.07. The van der Waals surface area contributed by atoms with Crippen molar-refractivity contribution < 1.29 is 13.2 Å². The topological polar surface area (TPSA) is 64.4 Å². The Morgan fingerprint density at radius 2 is 1.91 bits per heavy atom. The van der Waals surface area contributed by atoms with Gasteiger partial charge in [0.1, 0.15) is 11.6 Å². The highest BCUT2D eigenvalue weighted by molar-refractivity contribution is 6.35. The SMILES string of the molecule is CC(N)c1nc2cccc(Cl)c2/c(=N/c2cc(F)cc(F)c2)o1. The average molecular weight is 336 g/mol. The molecule has 0 aliphatic carbocycles. The minimum atomic E-state index is -0.736. The number of fused-ring (bicyclic) bond motifs is 1. The first kappa shape index (κ1) is 15.6. The first-order valence-corrected chi connectivity index (χ1v) is 7.17. The molecule has 0 amide bonds. The molecule has 7 heteroatoms. The molecule has 3 rings (SSSR count). The first-order valence-electron chi connectivity index (χ1n) is 6.80. The zero-order chi connectivity index (χ0) is 16.6. The van der Waals surface area contributed by atoms with E-state index in [9.17, 15) is 8.78 Å². The Morgan fingerprint density at radius 1 is 1.22 bits per heavy atom. The molecule has 1 aromatic heterocycles. The van der Waals surface area contributed by atoms with Gasteiger partial charge in [0.05, 0.1) is 27.7 Å². The van der Waals surface area contributed by atoms with Crippen LogP contribution in [0.3, 0.4) is 0 Å². The molecule has 1 unspecified atom stereocenters. The van der Waals surface area contributed by atoms with Crippen LogP contribution in [-0.2, 0) is 0 Å². The van der Waals surface area contributed by atoms with E-state index >= 15 is 0 Å². The molecule has 0 radical (unpaired) electrons. The number of rotatable bonds is 2. The third-order valence-corrected chi connectivity index (χ3v) is 3.42. The van der Waals surface area contributed by atoms with Crippen LogP contribution in [0.1, 0.15) is 18.9 Å². The van der Waals surface area contributed by atoms with Gasteiger partial charge in [-0.15, -0.1) is 0 Å². The fourth-order valence-electron chi connectivity index (χ4n) is 2.10. The number of hydrogen-bond donors (Lipinski definition) is 1. The molecule has 0 spiro atoms. The average Bonchev–Trinajstić information content (AvgIpc) is 2.45. The Balaban J connectivity index is 2.36. The second-order valence-electron chi connectivity index (χ2n) is 5.02. The van der Waals surface area contributed by atoms with E-state index in [-0.39, 0.29) is 17.1 Å². The Morgan fingerprint density at radius 3 is 2.57 bits per heavy atom. The van der Waals surface area contributed by atoms with Gasteiger partial charge in [-0.05, 0) is 31.2 Å². The smallest absolute Gasteiger partial charge is 0.232 e. The lowest BCUT2D eigenvalue weighted by atomic mass is 10.2. The van der Waals surface area contributed by atoms with E-state index in [1.807, 2.05) is 0 Å². The minimum Gasteiger partial charge on any atom is -0.422 e. The summed E-state index contributed by atoms with van der Waals surface area (Å²) in [6.45, 7) is 1.70. The molecule has 0 saturated heterocycles. The Hall–Kier alpha value is -2.31. The lowest BCUT2D eigenvalue weighted by Crippen LogP contribution is -2.14. The summed E-state index contributed by atoms with van der Waals surface area (Å²) < 4.78 is 32.3. The second-order valence-corrected chi connectivity index (χ2v) is 5.43. The third-order valence-electron chi connectivity index (χ3n) is 3.10. The molecule has 0 fully saturated rings. The van der Waals surface area contributed by atoms with Gasteiger partial charge in [0.25, 0.3) is 0 Å². The van der Waals surface area contributed by atoms with E-state index in [1.165, 1.54) is 0 Å². The van der Waals surface area contributed by atoms with Gasteiger partial charge in [-0.3, -0.25) is 0 Å². The molecule has 0 saturated carbocycles. The maximum atomic E-state index is 13.3. The summed E-state index contributed by atoms with van der Waals surface area (Å²) in [5.41, 5.74) is 6.50. The van der Waals surface area contributed by atoms with Gasteiger partial charge in [-0.25, -0.2) is 18.8 Å². The molecule has 1 atom stereocenters. The van der Waals surface area contributed by atoms with E-state index in [1.54, 1.807) is 25.1 Å². The summed E-state index contributed by atoms with van der Waals surface area (Å²) >= 11 is 6.18. The number of hydrogen-bond acceptors (Lipinski definition) is 4. The molecule has 0 aliphatic rings. The van der Waals surface area contributed by atoms with Crippen LogP contribution in [0.2, 0.25) is 5.02 Å². The molecular weight excluding hydrogens is 324 g/mol. The van der Waals surface area contributed by atoms with Gasteiger partial charge in [-0.1, -0.05) is 17.7 Å². The van der Waals surface area contributed by atoms with Crippen molar-refractivity contribution >= 4 is 28.2 Å². The zero-order valence-electron chi connectivity index (χ0n) is 12.1. The van der Waals surface area contributed by atoms with Crippen LogP contribution in [0.15, 0.2) is 45.8 Å². The predicted octanol–water partition coefficient (Wildman–Crippen LogP) is 4.01. The van der Waals surface area contributed by atoms with Crippen LogP contribution in [0.5, 0.6) is 0 Å². The molecule has 0 bridgehead atoms. The Labute approximate surface area is 135 Å². The minimum absolute atomic E-state index is 0.0642. The van der Waals surface area contributed by atoms with E-state index in [0.29, 0.717) is 15.9 Å². The molecule has 1 heterocycles. The van der Waals surface area contributed by atoms with Crippen LogP contribution in [0, 0.1) is 11.6 Å². The van der Waals surface area contributed by atoms with Crippen molar-refractivity contribution in [2.45, 2.75) is 13.0 Å². The van der Waals surface area contributed by atoms with Gasteiger partial charge in [0.2, 0.25) is 11.4 Å². The summed E-state index contributed by atoms with van der Waals surface area (Å²) in [6.07, 6.45) is 0. The van der Waals surface area contributed by atoms with E-state index in [4.69, 9.17) is 21.8 Å². The number of halogens is 3. The molecule has 2 N–H and O–H groups in total. The monoisotopic (exact) mass is 335 g/mol. The van der Waals surface area contributed by atoms with Crippen LogP contribution >= 0.6 is 11.6 Å². The summed E-state index contributed by atoms with van der Waals surface area (Å²) in [5.74, 6) is -1.23. The highest BCUT2D eigenvalue weighted by Crippen LogP contribution is 2.22. The van der Waals surface area contributed by atoms with Crippen molar-refractivity contribution in [3.63, 3.8) is 0 Å². The van der Waals surface area contributed by atoms with Crippen molar-refractivity contribution in [1.29, 1.82) is 0 Å². The van der Waals surface area contributed by atoms with Crippen molar-refractivity contribution in [2.24, 2.45) is 10.7 Å². The van der Waals surface area contributed by atoms with Gasteiger partial charge in [0, 0.05) is 6.07 Å². The summed E-state index contributed by atoms with van der Waals surface area (Å²) in [6, 6.07) is 7.58. The fourth-order valence-corrected chi connectivity index (χ4v) is 2.35. The van der Waals surface area contributed by atoms with Gasteiger partial charge in [-0.2, -0.15) is 0 Å². The molecule has 23 heavy (non-hydrogen) atoms. The number of nitrogens with zero attached hydrogens (tertiary/aromatic N) is 2. The Bertz CT molecular complexity index is 933. The zero-order valence-corrected chi connectivity index (χ0v) is 12.8. The normalized spacial score (nSPS) is 13.5. The Kier molecular flexibility index (Phi) is 4.11. The van der Waals surface area contributed by atoms with Crippen molar-refractivity contribution in [3.8, 4) is 0 Å². The largest absolute Gasteiger partial charge is 0.422 e. The quantitative estimate of drug-likeness (QED) is 0.769. The number of aromatic nitrogens is 1. The van der Waals surface area contributed by atoms with Crippen molar-refractivity contribution in [3.05, 3.63) is 64.5 Å². The number of benzene rings is 2. The summed E-state index contributed by atoms with van der Waals surface area (Å²) in [4.78, 5) is 8.46. The van der Waals surface area contributed by atoms with Gasteiger partial charge >= 0.3 is 0 Å². The molecule has 0 aliphatic heterocycles. The predicted molar refractivity (Wildman–Crippen MR) is 83.2 cm³/mol. The van der Waals surface area contributed by atoms with Crippen LogP contribution in [0.25, 0.3) is 10.9 Å². The second kappa shape index (κ2) is 6.06. The highest BCUT2D eigenvalue weighted by Gasteiger charge is 2.11. The van der Waals surface area contributed by atoms with Crippen LogP contribution < -0.4 is 11.3 Å². The standard InChI is InChI=1S/C16H12ClF2N3O/c1-8(20)15-22-13-4-2-3-12(17)14(13)16(23-15)21-11-6-9(18)5-10(19)7-11/h2-8H,20H2,1H3/b21-16-. The van der Waals surface area contributed by atoms with E-state index in [0.717, 1.165) is 18.2 Å². The third kappa shape index (κ3) is 3.23. The maximum Gasteiger partial charge on any atom is 0.232 e. The first-order chi connectivity index (χ1) is 10.9.